The Balaban J connectivity index is 0.00000225. The van der Waals surface area contributed by atoms with Gasteiger partial charge in [-0.05, 0) is 30.8 Å². The van der Waals surface area contributed by atoms with Crippen molar-refractivity contribution in [2.45, 2.75) is 31.4 Å². The standard InChI is InChI=1S/C17H23N3O4.H3N/c1-22-14-4-3-12(9-15(14)23-2)11-19-16(21)13-10-17(24-20-13)5-7-18-8-6-17;/h3-4,9,18H,5-8,10-11H2,1-2H3,(H,19,21);1H3. The summed E-state index contributed by atoms with van der Waals surface area (Å²) in [6, 6.07) is 5.56. The van der Waals surface area contributed by atoms with E-state index in [0.717, 1.165) is 31.5 Å². The second-order valence-corrected chi connectivity index (χ2v) is 6.11. The predicted octanol–water partition coefficient (Wildman–Crippen LogP) is 1.38. The van der Waals surface area contributed by atoms with Gasteiger partial charge in [-0.15, -0.1) is 0 Å². The monoisotopic (exact) mass is 350 g/mol. The third-order valence-corrected chi connectivity index (χ3v) is 4.52. The van der Waals surface area contributed by atoms with E-state index in [4.69, 9.17) is 14.3 Å². The van der Waals surface area contributed by atoms with Gasteiger partial charge >= 0.3 is 0 Å². The number of hydrogen-bond donors (Lipinski definition) is 3. The van der Waals surface area contributed by atoms with Crippen molar-refractivity contribution >= 4 is 11.6 Å². The first kappa shape index (κ1) is 19.0. The third kappa shape index (κ3) is 4.21. The summed E-state index contributed by atoms with van der Waals surface area (Å²) in [6.45, 7) is 2.19. The second kappa shape index (κ2) is 8.17. The van der Waals surface area contributed by atoms with Crippen LogP contribution in [0.4, 0.5) is 0 Å². The van der Waals surface area contributed by atoms with Crippen LogP contribution >= 0.6 is 0 Å². The van der Waals surface area contributed by atoms with Crippen LogP contribution in [0.2, 0.25) is 0 Å². The molecule has 0 saturated carbocycles. The summed E-state index contributed by atoms with van der Waals surface area (Å²) in [7, 11) is 3.18. The lowest BCUT2D eigenvalue weighted by molar-refractivity contribution is -0.115. The Hall–Kier alpha value is -2.32. The fraction of sp³-hybridized carbons (Fsp3) is 0.529. The highest BCUT2D eigenvalue weighted by Gasteiger charge is 2.42. The van der Waals surface area contributed by atoms with E-state index in [1.165, 1.54) is 0 Å². The van der Waals surface area contributed by atoms with Crippen LogP contribution in [0.1, 0.15) is 24.8 Å². The van der Waals surface area contributed by atoms with Crippen molar-refractivity contribution in [1.29, 1.82) is 0 Å². The number of rotatable bonds is 5. The first-order valence-corrected chi connectivity index (χ1v) is 8.11. The molecule has 2 aliphatic heterocycles. The smallest absolute Gasteiger partial charge is 0.269 e. The van der Waals surface area contributed by atoms with E-state index < -0.39 is 0 Å². The highest BCUT2D eigenvalue weighted by atomic mass is 16.7. The Labute approximate surface area is 147 Å². The SMILES string of the molecule is COc1ccc(CNC(=O)C2=NOC3(CCNCC3)C2)cc1OC.N. The van der Waals surface area contributed by atoms with Gasteiger partial charge in [0.1, 0.15) is 11.3 Å². The van der Waals surface area contributed by atoms with Crippen LogP contribution < -0.4 is 26.3 Å². The van der Waals surface area contributed by atoms with E-state index in [0.29, 0.717) is 30.2 Å². The molecule has 1 fully saturated rings. The molecule has 2 heterocycles. The predicted molar refractivity (Wildman–Crippen MR) is 94.4 cm³/mol. The van der Waals surface area contributed by atoms with E-state index in [9.17, 15) is 4.79 Å². The molecule has 0 unspecified atom stereocenters. The highest BCUT2D eigenvalue weighted by Crippen LogP contribution is 2.32. The van der Waals surface area contributed by atoms with Crippen molar-refractivity contribution in [3.8, 4) is 11.5 Å². The zero-order valence-electron chi connectivity index (χ0n) is 14.8. The number of benzene rings is 1. The number of nitrogens with zero attached hydrogens (tertiary/aromatic N) is 1. The zero-order valence-corrected chi connectivity index (χ0v) is 14.8. The summed E-state index contributed by atoms with van der Waals surface area (Å²) >= 11 is 0. The van der Waals surface area contributed by atoms with Gasteiger partial charge in [0, 0.05) is 25.8 Å². The molecule has 8 nitrogen and oxygen atoms in total. The second-order valence-electron chi connectivity index (χ2n) is 6.11. The lowest BCUT2D eigenvalue weighted by Crippen LogP contribution is -2.43. The Kier molecular flexibility index (Phi) is 6.22. The van der Waals surface area contributed by atoms with Gasteiger partial charge in [-0.3, -0.25) is 4.79 Å². The fourth-order valence-electron chi connectivity index (χ4n) is 3.07. The molecule has 1 amide bonds. The van der Waals surface area contributed by atoms with E-state index in [1.807, 2.05) is 18.2 Å². The van der Waals surface area contributed by atoms with Gasteiger partial charge in [0.2, 0.25) is 0 Å². The van der Waals surface area contributed by atoms with Crippen molar-refractivity contribution in [2.75, 3.05) is 27.3 Å². The van der Waals surface area contributed by atoms with Crippen molar-refractivity contribution in [3.63, 3.8) is 0 Å². The number of carbonyl (C=O) groups is 1. The molecule has 0 bridgehead atoms. The summed E-state index contributed by atoms with van der Waals surface area (Å²) in [5.41, 5.74) is 1.11. The van der Waals surface area contributed by atoms with Crippen LogP contribution in [-0.2, 0) is 16.2 Å². The summed E-state index contributed by atoms with van der Waals surface area (Å²) in [4.78, 5) is 17.9. The Morgan fingerprint density at radius 1 is 1.28 bits per heavy atom. The number of piperidine rings is 1. The van der Waals surface area contributed by atoms with Crippen molar-refractivity contribution in [3.05, 3.63) is 23.8 Å². The molecule has 5 N–H and O–H groups in total. The minimum absolute atomic E-state index is 0. The van der Waals surface area contributed by atoms with Crippen LogP contribution in [0, 0.1) is 0 Å². The Morgan fingerprint density at radius 3 is 2.68 bits per heavy atom. The van der Waals surface area contributed by atoms with Gasteiger partial charge in [-0.1, -0.05) is 11.2 Å². The maximum atomic E-state index is 12.3. The van der Waals surface area contributed by atoms with Crippen molar-refractivity contribution in [1.82, 2.24) is 16.8 Å². The van der Waals surface area contributed by atoms with Crippen LogP contribution in [0.25, 0.3) is 0 Å². The van der Waals surface area contributed by atoms with Crippen LogP contribution in [0.15, 0.2) is 23.4 Å². The number of methoxy groups -OCH3 is 2. The molecule has 1 spiro atoms. The fourth-order valence-corrected chi connectivity index (χ4v) is 3.07. The lowest BCUT2D eigenvalue weighted by atomic mass is 9.87. The van der Waals surface area contributed by atoms with Gasteiger partial charge in [0.25, 0.3) is 5.91 Å². The molecular weight excluding hydrogens is 324 g/mol. The minimum Gasteiger partial charge on any atom is -0.493 e. The maximum Gasteiger partial charge on any atom is 0.269 e. The first-order chi connectivity index (χ1) is 11.7. The Bertz CT molecular complexity index is 642. The van der Waals surface area contributed by atoms with Crippen LogP contribution in [0.5, 0.6) is 11.5 Å². The topological polar surface area (TPSA) is 116 Å². The van der Waals surface area contributed by atoms with Gasteiger partial charge in [0.15, 0.2) is 11.5 Å². The summed E-state index contributed by atoms with van der Waals surface area (Å²) in [5, 5.41) is 10.2. The largest absolute Gasteiger partial charge is 0.493 e. The van der Waals surface area contributed by atoms with Gasteiger partial charge in [-0.25, -0.2) is 0 Å². The first-order valence-electron chi connectivity index (χ1n) is 8.11. The van der Waals surface area contributed by atoms with Crippen molar-refractivity contribution < 1.29 is 19.1 Å². The number of oxime groups is 1. The highest BCUT2D eigenvalue weighted by molar-refractivity contribution is 6.39. The van der Waals surface area contributed by atoms with Gasteiger partial charge in [0.05, 0.1) is 14.2 Å². The molecule has 0 radical (unpaired) electrons. The molecule has 0 atom stereocenters. The summed E-state index contributed by atoms with van der Waals surface area (Å²) in [6.07, 6.45) is 2.33. The zero-order chi connectivity index (χ0) is 17.0. The summed E-state index contributed by atoms with van der Waals surface area (Å²) < 4.78 is 10.5. The quantitative estimate of drug-likeness (QED) is 0.739. The van der Waals surface area contributed by atoms with E-state index >= 15 is 0 Å². The summed E-state index contributed by atoms with van der Waals surface area (Å²) in [5.74, 6) is 1.12. The van der Waals surface area contributed by atoms with Gasteiger partial charge in [-0.2, -0.15) is 0 Å². The van der Waals surface area contributed by atoms with E-state index in [1.54, 1.807) is 14.2 Å². The Morgan fingerprint density at radius 2 is 2.00 bits per heavy atom. The van der Waals surface area contributed by atoms with E-state index in [2.05, 4.69) is 15.8 Å². The average Bonchev–Trinajstić information content (AvgIpc) is 3.03. The molecule has 1 aromatic rings. The number of ether oxygens (including phenoxy) is 2. The van der Waals surface area contributed by atoms with Gasteiger partial charge < -0.3 is 31.1 Å². The molecule has 8 heteroatoms. The molecular formula is C17H26N4O4. The number of carbonyl (C=O) groups excluding carboxylic acids is 1. The molecule has 1 aromatic carbocycles. The molecule has 0 aliphatic carbocycles. The number of amides is 1. The normalized spacial score (nSPS) is 17.9. The lowest BCUT2D eigenvalue weighted by Gasteiger charge is -2.30. The molecule has 1 saturated heterocycles. The number of hydrogen-bond acceptors (Lipinski definition) is 7. The van der Waals surface area contributed by atoms with Crippen LogP contribution in [-0.4, -0.2) is 44.5 Å². The molecule has 138 valence electrons. The minimum atomic E-state index is -0.290. The molecule has 3 rings (SSSR count). The van der Waals surface area contributed by atoms with Crippen molar-refractivity contribution in [2.24, 2.45) is 5.16 Å². The number of nitrogens with one attached hydrogen (secondary N) is 2. The average molecular weight is 350 g/mol. The molecule has 25 heavy (non-hydrogen) atoms. The third-order valence-electron chi connectivity index (χ3n) is 4.52. The molecule has 0 aromatic heterocycles. The molecule has 2 aliphatic rings. The van der Waals surface area contributed by atoms with E-state index in [-0.39, 0.29) is 17.7 Å². The maximum absolute atomic E-state index is 12.3. The van der Waals surface area contributed by atoms with Crippen LogP contribution in [0.3, 0.4) is 0 Å².